The lowest BCUT2D eigenvalue weighted by Crippen LogP contribution is -2.51. The van der Waals surface area contributed by atoms with Gasteiger partial charge in [0.25, 0.3) is 0 Å². The van der Waals surface area contributed by atoms with Crippen LogP contribution in [0.25, 0.3) is 0 Å². The Hall–Kier alpha value is -7.16. The fourth-order valence-corrected chi connectivity index (χ4v) is 13.0. The first kappa shape index (κ1) is 36.4. The standard InChI is InChI=1S/4C24H38N2O4/c4*1-14(2)9-17-13-26-8-7-16-10-21(28-5)22(29-6)11-18(16)19(26)12-20(17)30-24(27)23(25)15(3)4/h4*10-11,14-15,17,19-20,23H,7-9,12-13,25H2,1-6H3/t4*17?,19?,20?,23-/m0000/s1/i3D3,4D3,5D3,6D3,10D,11D,12D2,13D2,15D,17D,19D,23D;3D3,4D3,6D3,10D,11D,12D2,13D2,15D,17D,19D,23D;3D3,4D3,5D3,10D,11D,12D2,13D2,15D,17D,19D,23D;3D3,4D3,10D,11D,12D2,13D2,15D,17D,19D,23D. The molecule has 8 N–H and O–H groups in total. The lowest BCUT2D eigenvalue weighted by molar-refractivity contribution is -0.161. The van der Waals surface area contributed by atoms with E-state index in [-0.39, 0.29) is 53.5 Å². The number of carbonyl (C=O) groups is 4. The lowest BCUT2D eigenvalue weighted by atomic mass is 9.79. The van der Waals surface area contributed by atoms with E-state index in [1.165, 1.54) is 48.7 Å². The van der Waals surface area contributed by atoms with E-state index < -0.39 is 465 Å². The number of esters is 4. The summed E-state index contributed by atoms with van der Waals surface area (Å²) in [6.45, 7) is -34.6. The fourth-order valence-electron chi connectivity index (χ4n) is 13.0. The molecule has 0 amide bonds. The van der Waals surface area contributed by atoms with Crippen molar-refractivity contribution in [2.24, 2.45) is 93.8 Å². The molecule has 0 saturated carbocycles. The van der Waals surface area contributed by atoms with E-state index in [9.17, 15) is 49.3 Å². The quantitative estimate of drug-likeness (QED) is 0.0303. The van der Waals surface area contributed by atoms with E-state index in [0.29, 0.717) is 19.6 Å². The van der Waals surface area contributed by atoms with Crippen LogP contribution < -0.4 is 60.8 Å². The number of carbonyl (C=O) groups excluding carboxylic acids is 4. The van der Waals surface area contributed by atoms with Crippen molar-refractivity contribution >= 4 is 23.9 Å². The molecule has 4 aromatic rings. The number of hydrogen-bond acceptors (Lipinski definition) is 24. The Morgan fingerprint density at radius 1 is 0.358 bits per heavy atom. The second-order valence-electron chi connectivity index (χ2n) is 29.1. The van der Waals surface area contributed by atoms with E-state index >= 15 is 0 Å². The van der Waals surface area contributed by atoms with Crippen molar-refractivity contribution in [1.82, 2.24) is 19.6 Å². The van der Waals surface area contributed by atoms with Crippen molar-refractivity contribution in [3.05, 3.63) is 92.8 Å². The molecule has 4 aromatic carbocycles. The van der Waals surface area contributed by atoms with E-state index in [1.54, 1.807) is 13.8 Å². The first-order valence-electron chi connectivity index (χ1n) is 75.3. The number of benzene rings is 4. The number of rotatable bonds is 28. The predicted octanol–water partition coefficient (Wildman–Crippen LogP) is 14.3. The maximum atomic E-state index is 13.7. The van der Waals surface area contributed by atoms with Crippen molar-refractivity contribution in [2.45, 2.75) is 260 Å². The van der Waals surface area contributed by atoms with Gasteiger partial charge in [-0.3, -0.25) is 38.8 Å². The molecule has 0 bridgehead atoms. The Labute approximate surface area is 825 Å². The average Bonchev–Trinajstić information content (AvgIpc) is 0.667. The van der Waals surface area contributed by atoms with Crippen LogP contribution in [0.5, 0.6) is 46.0 Å². The number of fused-ring (bicyclic) bond motifs is 12. The largest absolute Gasteiger partial charge is 0.493 e. The van der Waals surface area contributed by atoms with Gasteiger partial charge in [-0.2, -0.15) is 0 Å². The van der Waals surface area contributed by atoms with Gasteiger partial charge < -0.3 is 79.8 Å². The number of methoxy groups -OCH3 is 8. The first-order chi connectivity index (χ1) is 86.6. The molecule has 120 heavy (non-hydrogen) atoms. The van der Waals surface area contributed by atoms with E-state index in [0.717, 1.165) is 21.3 Å². The highest BCUT2D eigenvalue weighted by Gasteiger charge is 2.47. The topological polar surface area (TPSA) is 296 Å². The Balaban J connectivity index is 0.000000283. The summed E-state index contributed by atoms with van der Waals surface area (Å²) in [6.07, 6.45) is -29.4. The van der Waals surface area contributed by atoms with Gasteiger partial charge in [0.05, 0.1) is 95.0 Å². The third-order valence-electron chi connectivity index (χ3n) is 18.5. The zero-order valence-corrected chi connectivity index (χ0v) is 67.7. The van der Waals surface area contributed by atoms with Gasteiger partial charge in [0, 0.05) is 191 Å². The van der Waals surface area contributed by atoms with Crippen molar-refractivity contribution in [2.75, 3.05) is 109 Å². The van der Waals surface area contributed by atoms with E-state index in [2.05, 4.69) is 0 Å². The molecule has 24 nitrogen and oxygen atoms in total. The summed E-state index contributed by atoms with van der Waals surface area (Å²) in [5.74, 6) is -45.9. The fraction of sp³-hybridized carbons (Fsp3) is 0.708. The number of hydrogen-bond donors (Lipinski definition) is 4. The Bertz CT molecular complexity index is 7580. The number of ether oxygens (including phenoxy) is 12. The van der Waals surface area contributed by atoms with Gasteiger partial charge in [-0.1, -0.05) is 110 Å². The molecule has 0 radical (unpaired) electrons. The molecule has 672 valence electrons. The summed E-state index contributed by atoms with van der Waals surface area (Å²) in [4.78, 5) is 57.1. The number of piperidine rings is 4. The summed E-state index contributed by atoms with van der Waals surface area (Å²) >= 11 is 0. The zero-order chi connectivity index (χ0) is 154. The van der Waals surface area contributed by atoms with Crippen LogP contribution in [0.4, 0.5) is 0 Å². The van der Waals surface area contributed by atoms with Crippen LogP contribution in [0.2, 0.25) is 0 Å². The minimum absolute atomic E-state index is 0.0800. The molecular formula is C96H152N8O16. The predicted molar refractivity (Wildman–Crippen MR) is 471 cm³/mol. The van der Waals surface area contributed by atoms with Gasteiger partial charge in [-0.15, -0.1) is 0 Å². The molecular weight excluding hydrogens is 1520 g/mol. The highest BCUT2D eigenvalue weighted by molar-refractivity contribution is 5.77. The Morgan fingerprint density at radius 2 is 0.550 bits per heavy atom. The molecule has 0 spiro atoms. The maximum Gasteiger partial charge on any atom is 0.323 e. The highest BCUT2D eigenvalue weighted by atomic mass is 16.6. The van der Waals surface area contributed by atoms with Crippen molar-refractivity contribution in [3.63, 3.8) is 0 Å². The summed E-state index contributed by atoms with van der Waals surface area (Å²) in [5, 5.41) is 0. The van der Waals surface area contributed by atoms with Crippen molar-refractivity contribution in [3.8, 4) is 46.0 Å². The van der Waals surface area contributed by atoms with Gasteiger partial charge in [0.1, 0.15) is 48.5 Å². The Morgan fingerprint density at radius 3 is 0.733 bits per heavy atom. The molecule has 8 heterocycles. The molecule has 8 aliphatic heterocycles. The lowest BCUT2D eigenvalue weighted by Gasteiger charge is -2.47. The molecule has 4 fully saturated rings. The van der Waals surface area contributed by atoms with Crippen LogP contribution >= 0.6 is 0 Å². The average molecular weight is 1750 g/mol. The number of nitrogens with zero attached hydrogens (tertiary/aromatic N) is 4. The van der Waals surface area contributed by atoms with Crippen LogP contribution in [0.15, 0.2) is 48.3 Å². The molecule has 12 rings (SSSR count). The van der Waals surface area contributed by atoms with Gasteiger partial charge in [0.15, 0.2) is 46.0 Å². The summed E-state index contributed by atoms with van der Waals surface area (Å²) in [5.41, 5.74) is 18.5. The minimum Gasteiger partial charge on any atom is -0.493 e. The zero-order valence-electron chi connectivity index (χ0n) is 144. The molecule has 12 unspecified atom stereocenters. The first-order valence-corrected chi connectivity index (χ1v) is 37.3. The molecule has 0 aliphatic carbocycles. The van der Waals surface area contributed by atoms with Crippen LogP contribution in [-0.2, 0) is 63.8 Å². The third-order valence-corrected chi connectivity index (χ3v) is 18.5. The number of nitrogens with two attached hydrogens (primary N) is 4. The van der Waals surface area contributed by atoms with E-state index in [4.69, 9.17) is 154 Å². The van der Waals surface area contributed by atoms with Crippen LogP contribution in [-0.4, -0.2) is 201 Å². The minimum atomic E-state index is -4.16. The highest BCUT2D eigenvalue weighted by Crippen LogP contribution is 2.50. The van der Waals surface area contributed by atoms with Crippen molar-refractivity contribution in [1.29, 1.82) is 0 Å². The molecule has 0 aromatic heterocycles. The molecule has 8 aliphatic rings. The summed E-state index contributed by atoms with van der Waals surface area (Å²) in [6, 6.07) is -35.6. The second kappa shape index (κ2) is 43.9. The van der Waals surface area contributed by atoms with Crippen LogP contribution in [0, 0.1) is 70.8 Å². The smallest absolute Gasteiger partial charge is 0.323 e. The molecule has 4 saturated heterocycles. The van der Waals surface area contributed by atoms with E-state index in [1.807, 2.05) is 0 Å². The van der Waals surface area contributed by atoms with Crippen LogP contribution in [0.1, 0.15) is 334 Å². The molecule has 24 heteroatoms. The second-order valence-corrected chi connectivity index (χ2v) is 29.1. The SMILES string of the molecule is [2H]c1c2c(c([2H])c(OC([2H])([2H])[2H])c1OC([2H])([2H])[2H])C1([2H])N(CC2)C([2H])([2H])C([2H])(CC(C)C)C(OC(=O)[C@@]([2H])(N)C([2H])(C([2H])([2H])[2H])C([2H])([2H])[2H])C1([2H])[2H].[2H]c1c2c(c([2H])c(OC([2H])([2H])[2H])c1OC)C1([2H])N(CC2)C([2H])([2H])C([2H])(CC(C)C)C(OC(=O)[C@@]([2H])(N)C([2H])(C([2H])([2H])[2H])C([2H])([2H])[2H])C1([2H])[2H].[2H]c1c2c(c([2H])c(OC)c1OC([2H])([2H])[2H])C1([2H])N(CC2)C([2H])([2H])C([2H])(CC(C)C)C(OC(=O)[C@@]([2H])(N)C([2H])(C([2H])([2H])[2H])C([2H])([2H])[2H])C1([2H])[2H].[2H]c1c2c(c([2H])c(OC)c1OC)C1([2H])N(CC2)C([2H])([2H])C([2H])(CC(C)C)C(OC(=O)[C@@]([2H])(N)C([2H])(C([2H])([2H])[2H])C([2H])([2H])[2H])C1([2H])[2H]. The summed E-state index contributed by atoms with van der Waals surface area (Å²) < 4.78 is 697. The van der Waals surface area contributed by atoms with Gasteiger partial charge in [0.2, 0.25) is 0 Å². The maximum absolute atomic E-state index is 13.7. The summed E-state index contributed by atoms with van der Waals surface area (Å²) in [7, 11) is -8.89. The van der Waals surface area contributed by atoms with Gasteiger partial charge in [-0.05, 0) is 191 Å². The van der Waals surface area contributed by atoms with Crippen molar-refractivity contribution < 1.29 is 180 Å². The van der Waals surface area contributed by atoms with Gasteiger partial charge in [-0.25, -0.2) is 0 Å². The van der Waals surface area contributed by atoms with Gasteiger partial charge >= 0.3 is 23.9 Å². The molecule has 16 atom stereocenters. The normalized spacial score (nSPS) is 45.1. The Kier molecular flexibility index (Phi) is 13.3. The van der Waals surface area contributed by atoms with Crippen LogP contribution in [0.3, 0.4) is 0 Å². The third kappa shape index (κ3) is 23.8. The monoisotopic (exact) mass is 1750 g/mol.